The van der Waals surface area contributed by atoms with Crippen molar-refractivity contribution >= 4 is 28.6 Å². The van der Waals surface area contributed by atoms with E-state index in [9.17, 15) is 9.18 Å². The van der Waals surface area contributed by atoms with Crippen LogP contribution in [0.15, 0.2) is 53.2 Å². The Hall–Kier alpha value is -2.02. The maximum atomic E-state index is 13.3. The van der Waals surface area contributed by atoms with Crippen LogP contribution in [0.4, 0.5) is 4.39 Å². The second-order valence-electron chi connectivity index (χ2n) is 9.17. The van der Waals surface area contributed by atoms with E-state index in [2.05, 4.69) is 33.6 Å². The molecule has 3 aromatic rings. The van der Waals surface area contributed by atoms with Gasteiger partial charge in [0.05, 0.1) is 4.88 Å². The molecule has 168 valence electrons. The first kappa shape index (κ1) is 21.8. The molecule has 3 nitrogen and oxygen atoms in total. The van der Waals surface area contributed by atoms with Gasteiger partial charge in [-0.1, -0.05) is 12.1 Å². The Bertz CT molecular complexity index is 1040. The van der Waals surface area contributed by atoms with E-state index in [0.29, 0.717) is 17.8 Å². The topological polar surface area (TPSA) is 23.6 Å². The van der Waals surface area contributed by atoms with Crippen molar-refractivity contribution in [2.24, 2.45) is 5.92 Å². The van der Waals surface area contributed by atoms with E-state index in [1.807, 2.05) is 24.3 Å². The Labute approximate surface area is 197 Å². The van der Waals surface area contributed by atoms with Gasteiger partial charge in [0.2, 0.25) is 0 Å². The number of thiophene rings is 2. The fraction of sp³-hybridized carbons (Fsp3) is 0.423. The summed E-state index contributed by atoms with van der Waals surface area (Å²) in [6.07, 6.45) is 2.22. The number of nitrogens with zero attached hydrogens (tertiary/aromatic N) is 2. The van der Waals surface area contributed by atoms with Crippen LogP contribution >= 0.6 is 22.7 Å². The van der Waals surface area contributed by atoms with Crippen LogP contribution < -0.4 is 0 Å². The lowest BCUT2D eigenvalue weighted by Gasteiger charge is -2.34. The molecule has 2 aliphatic rings. The minimum absolute atomic E-state index is 0.163. The summed E-state index contributed by atoms with van der Waals surface area (Å²) in [4.78, 5) is 19.8. The molecule has 4 heterocycles. The highest BCUT2D eigenvalue weighted by molar-refractivity contribution is 7.13. The van der Waals surface area contributed by atoms with Gasteiger partial charge in [-0.3, -0.25) is 4.79 Å². The standard InChI is InChI=1S/C26H29FN2OS2/c1-18-2-7-25(32-18)26(30)29-15-22(24(16-29)21-10-13-31-17-21)14-28-11-8-20(9-12-28)19-3-5-23(27)6-4-19/h2-7,10,13,17,20,22,24H,8-9,11-12,14-16H2,1H3. The maximum absolute atomic E-state index is 13.3. The molecule has 2 aliphatic heterocycles. The summed E-state index contributed by atoms with van der Waals surface area (Å²) < 4.78 is 13.3. The zero-order valence-corrected chi connectivity index (χ0v) is 20.0. The minimum atomic E-state index is -0.163. The summed E-state index contributed by atoms with van der Waals surface area (Å²) in [6, 6.07) is 13.3. The van der Waals surface area contributed by atoms with E-state index < -0.39 is 0 Å². The van der Waals surface area contributed by atoms with Gasteiger partial charge >= 0.3 is 0 Å². The van der Waals surface area contributed by atoms with E-state index in [-0.39, 0.29) is 11.7 Å². The van der Waals surface area contributed by atoms with Crippen LogP contribution in [0.2, 0.25) is 0 Å². The lowest BCUT2D eigenvalue weighted by Crippen LogP contribution is -2.38. The lowest BCUT2D eigenvalue weighted by atomic mass is 9.87. The van der Waals surface area contributed by atoms with Crippen LogP contribution in [0.3, 0.4) is 0 Å². The predicted molar refractivity (Wildman–Crippen MR) is 130 cm³/mol. The third-order valence-electron chi connectivity index (χ3n) is 7.07. The molecule has 0 radical (unpaired) electrons. The number of piperidine rings is 1. The van der Waals surface area contributed by atoms with Gasteiger partial charge in [0.1, 0.15) is 5.82 Å². The Balaban J connectivity index is 1.24. The van der Waals surface area contributed by atoms with Crippen LogP contribution in [-0.2, 0) is 0 Å². The van der Waals surface area contributed by atoms with Gasteiger partial charge in [0, 0.05) is 30.4 Å². The van der Waals surface area contributed by atoms with Crippen LogP contribution in [0.25, 0.3) is 0 Å². The Kier molecular flexibility index (Phi) is 6.44. The van der Waals surface area contributed by atoms with E-state index in [1.165, 1.54) is 16.0 Å². The number of hydrogen-bond donors (Lipinski definition) is 0. The average molecular weight is 469 g/mol. The molecule has 2 fully saturated rings. The minimum Gasteiger partial charge on any atom is -0.337 e. The number of carbonyl (C=O) groups is 1. The van der Waals surface area contributed by atoms with Crippen molar-refractivity contribution in [3.63, 3.8) is 0 Å². The van der Waals surface area contributed by atoms with Gasteiger partial charge < -0.3 is 9.80 Å². The summed E-state index contributed by atoms with van der Waals surface area (Å²) in [7, 11) is 0. The summed E-state index contributed by atoms with van der Waals surface area (Å²) in [6.45, 7) is 6.85. The molecule has 0 N–H and O–H groups in total. The summed E-state index contributed by atoms with van der Waals surface area (Å²) in [5, 5.41) is 4.40. The highest BCUT2D eigenvalue weighted by Crippen LogP contribution is 2.37. The van der Waals surface area contributed by atoms with E-state index in [4.69, 9.17) is 0 Å². The molecule has 0 spiro atoms. The van der Waals surface area contributed by atoms with Crippen molar-refractivity contribution in [2.75, 3.05) is 32.7 Å². The second-order valence-corrected chi connectivity index (χ2v) is 11.2. The quantitative estimate of drug-likeness (QED) is 0.459. The average Bonchev–Trinajstić information content (AvgIpc) is 3.55. The molecule has 0 saturated carbocycles. The first-order valence-corrected chi connectivity index (χ1v) is 13.2. The summed E-state index contributed by atoms with van der Waals surface area (Å²) >= 11 is 3.34. The second kappa shape index (κ2) is 9.46. The predicted octanol–water partition coefficient (Wildman–Crippen LogP) is 5.99. The molecule has 32 heavy (non-hydrogen) atoms. The smallest absolute Gasteiger partial charge is 0.263 e. The fourth-order valence-electron chi connectivity index (χ4n) is 5.31. The molecular weight excluding hydrogens is 439 g/mol. The van der Waals surface area contributed by atoms with Crippen molar-refractivity contribution in [2.45, 2.75) is 31.6 Å². The molecule has 6 heteroatoms. The third-order valence-corrected chi connectivity index (χ3v) is 8.76. The normalized spacial score (nSPS) is 22.5. The number of likely N-dealkylation sites (tertiary alicyclic amines) is 2. The first-order valence-electron chi connectivity index (χ1n) is 11.4. The number of aryl methyl sites for hydroxylation is 1. The van der Waals surface area contributed by atoms with Crippen molar-refractivity contribution in [1.29, 1.82) is 0 Å². The molecule has 2 aromatic heterocycles. The van der Waals surface area contributed by atoms with E-state index >= 15 is 0 Å². The number of amides is 1. The highest BCUT2D eigenvalue weighted by atomic mass is 32.1. The molecule has 5 rings (SSSR count). The Morgan fingerprint density at radius 1 is 1.03 bits per heavy atom. The van der Waals surface area contributed by atoms with Gasteiger partial charge in [0.15, 0.2) is 0 Å². The van der Waals surface area contributed by atoms with Crippen LogP contribution in [-0.4, -0.2) is 48.4 Å². The van der Waals surface area contributed by atoms with Gasteiger partial charge in [-0.2, -0.15) is 11.3 Å². The third kappa shape index (κ3) is 4.68. The van der Waals surface area contributed by atoms with Gasteiger partial charge in [0.25, 0.3) is 5.91 Å². The number of carbonyl (C=O) groups excluding carboxylic acids is 1. The first-order chi connectivity index (χ1) is 15.6. The summed E-state index contributed by atoms with van der Waals surface area (Å²) in [5.74, 6) is 1.39. The zero-order valence-electron chi connectivity index (χ0n) is 18.4. The van der Waals surface area contributed by atoms with Crippen LogP contribution in [0, 0.1) is 18.7 Å². The van der Waals surface area contributed by atoms with E-state index in [1.54, 1.807) is 34.8 Å². The van der Waals surface area contributed by atoms with Crippen LogP contribution in [0.1, 0.15) is 50.4 Å². The SMILES string of the molecule is Cc1ccc(C(=O)N2CC(CN3CCC(c4ccc(F)cc4)CC3)C(c3ccsc3)C2)s1. The van der Waals surface area contributed by atoms with Crippen LogP contribution in [0.5, 0.6) is 0 Å². The highest BCUT2D eigenvalue weighted by Gasteiger charge is 2.38. The molecule has 0 aliphatic carbocycles. The van der Waals surface area contributed by atoms with Crippen molar-refractivity contribution in [1.82, 2.24) is 9.80 Å². The zero-order chi connectivity index (χ0) is 22.1. The fourth-order valence-corrected chi connectivity index (χ4v) is 6.87. The largest absolute Gasteiger partial charge is 0.337 e. The number of hydrogen-bond acceptors (Lipinski definition) is 4. The number of rotatable bonds is 5. The number of benzene rings is 1. The molecule has 1 amide bonds. The molecule has 2 saturated heterocycles. The molecule has 0 bridgehead atoms. The van der Waals surface area contributed by atoms with Gasteiger partial charge in [-0.05, 0) is 96.9 Å². The number of halogens is 1. The van der Waals surface area contributed by atoms with Crippen molar-refractivity contribution in [3.05, 3.63) is 79.9 Å². The van der Waals surface area contributed by atoms with E-state index in [0.717, 1.165) is 50.4 Å². The summed E-state index contributed by atoms with van der Waals surface area (Å²) in [5.41, 5.74) is 2.63. The monoisotopic (exact) mass is 468 g/mol. The molecule has 2 atom stereocenters. The van der Waals surface area contributed by atoms with Crippen molar-refractivity contribution in [3.8, 4) is 0 Å². The molecule has 1 aromatic carbocycles. The molecule has 2 unspecified atom stereocenters. The van der Waals surface area contributed by atoms with Crippen molar-refractivity contribution < 1.29 is 9.18 Å². The van der Waals surface area contributed by atoms with Gasteiger partial charge in [-0.25, -0.2) is 4.39 Å². The van der Waals surface area contributed by atoms with Gasteiger partial charge in [-0.15, -0.1) is 11.3 Å². The Morgan fingerprint density at radius 3 is 2.47 bits per heavy atom. The lowest BCUT2D eigenvalue weighted by molar-refractivity contribution is 0.0786. The molecular formula is C26H29FN2OS2. The maximum Gasteiger partial charge on any atom is 0.263 e. The Morgan fingerprint density at radius 2 is 1.81 bits per heavy atom.